The van der Waals surface area contributed by atoms with Crippen molar-refractivity contribution >= 4 is 18.9 Å². The van der Waals surface area contributed by atoms with Crippen molar-refractivity contribution in [2.45, 2.75) is 13.3 Å². The molecule has 0 heterocycles. The molecule has 0 nitrogen and oxygen atoms in total. The predicted molar refractivity (Wildman–Crippen MR) is 30.5 cm³/mol. The fourth-order valence-electron chi connectivity index (χ4n) is 0. The molecule has 0 rings (SSSR count). The third-order valence-corrected chi connectivity index (χ3v) is 0.427. The molecule has 0 N–H and O–H groups in total. The summed E-state index contributed by atoms with van der Waals surface area (Å²) in [6.45, 7) is 9.16. The van der Waals surface area contributed by atoms with Crippen LogP contribution in [0.3, 0.4) is 0 Å². The molecule has 0 aliphatic carbocycles. The van der Waals surface area contributed by atoms with Gasteiger partial charge in [0, 0.05) is 18.9 Å². The van der Waals surface area contributed by atoms with Gasteiger partial charge >= 0.3 is 0 Å². The van der Waals surface area contributed by atoms with Crippen LogP contribution in [-0.4, -0.2) is 18.9 Å². The summed E-state index contributed by atoms with van der Waals surface area (Å²) in [6, 6.07) is 0. The smallest absolute Gasteiger partial charge is 0 e. The maximum Gasteiger partial charge on any atom is 0 e. The minimum atomic E-state index is 0. The van der Waals surface area contributed by atoms with Crippen LogP contribution < -0.4 is 0 Å². The first kappa shape index (κ1) is 9.60. The van der Waals surface area contributed by atoms with Gasteiger partial charge in [-0.15, -0.1) is 6.58 Å². The molecule has 0 aliphatic rings. The molecule has 0 aliphatic heterocycles. The van der Waals surface area contributed by atoms with E-state index in [-0.39, 0.29) is 18.9 Å². The van der Waals surface area contributed by atoms with E-state index >= 15 is 0 Å². The van der Waals surface area contributed by atoms with Gasteiger partial charge in [-0.2, -0.15) is 0 Å². The van der Waals surface area contributed by atoms with Crippen LogP contribution in [0.15, 0.2) is 12.2 Å². The van der Waals surface area contributed by atoms with Gasteiger partial charge in [-0.25, -0.2) is 0 Å². The fraction of sp³-hybridized carbons (Fsp3) is 0.400. The van der Waals surface area contributed by atoms with E-state index in [1.165, 1.54) is 0 Å². The summed E-state index contributed by atoms with van der Waals surface area (Å²) in [7, 11) is 0. The molecule has 2 radical (unpaired) electrons. The summed E-state index contributed by atoms with van der Waals surface area (Å²) in [6.07, 6.45) is 0.861. The third kappa shape index (κ3) is 8.84. The minimum Gasteiger partial charge on any atom is -0.100 e. The maximum atomic E-state index is 3.61. The molecule has 0 saturated heterocycles. The molecule has 0 spiro atoms. The zero-order chi connectivity index (χ0) is 4.28. The van der Waals surface area contributed by atoms with Crippen molar-refractivity contribution in [2.75, 3.05) is 0 Å². The average Bonchev–Trinajstić information content (AvgIpc) is 1.38. The Labute approximate surface area is 51.8 Å². The van der Waals surface area contributed by atoms with Crippen LogP contribution in [0, 0.1) is 6.92 Å². The van der Waals surface area contributed by atoms with Crippen molar-refractivity contribution in [1.82, 2.24) is 0 Å². The van der Waals surface area contributed by atoms with Crippen LogP contribution in [0.5, 0.6) is 0 Å². The molecule has 0 aromatic rings. The molecule has 1 heteroatoms. The molecular weight excluding hydrogens is 67.0 g/mol. The monoisotopic (exact) mass is 76.1 g/mol. The van der Waals surface area contributed by atoms with E-state index in [9.17, 15) is 0 Å². The van der Waals surface area contributed by atoms with Gasteiger partial charge in [0.15, 0.2) is 0 Å². The van der Waals surface area contributed by atoms with E-state index < -0.39 is 0 Å². The molecular formula is C5H9Li. The molecule has 0 aromatic carbocycles. The van der Waals surface area contributed by atoms with Crippen molar-refractivity contribution in [2.24, 2.45) is 0 Å². The quantitative estimate of drug-likeness (QED) is 0.327. The number of rotatable bonds is 1. The second-order valence-electron chi connectivity index (χ2n) is 1.21. The summed E-state index contributed by atoms with van der Waals surface area (Å²) in [4.78, 5) is 0. The number of allylic oxidation sites excluding steroid dienone is 1. The van der Waals surface area contributed by atoms with Crippen molar-refractivity contribution in [3.8, 4) is 0 Å². The van der Waals surface area contributed by atoms with Gasteiger partial charge in [0.05, 0.1) is 0 Å². The summed E-state index contributed by atoms with van der Waals surface area (Å²) < 4.78 is 0. The van der Waals surface area contributed by atoms with Gasteiger partial charge in [0.25, 0.3) is 0 Å². The van der Waals surface area contributed by atoms with Gasteiger partial charge in [0.1, 0.15) is 0 Å². The number of hydrogen-bond acceptors (Lipinski definition) is 0. The second kappa shape index (κ2) is 5.34. The van der Waals surface area contributed by atoms with E-state index in [0.717, 1.165) is 12.0 Å². The van der Waals surface area contributed by atoms with E-state index in [0.29, 0.717) is 0 Å². The second-order valence-corrected chi connectivity index (χ2v) is 1.21. The summed E-state index contributed by atoms with van der Waals surface area (Å²) >= 11 is 0. The SMILES string of the molecule is [CH2]CC(=C)C.[Li]. The standard InChI is InChI=1S/C5H9.Li/c1-4-5(2)3;/h1-2,4H2,3H3;. The van der Waals surface area contributed by atoms with Gasteiger partial charge in [-0.1, -0.05) is 5.57 Å². The number of hydrogen-bond donors (Lipinski definition) is 0. The van der Waals surface area contributed by atoms with Crippen LogP contribution in [0.25, 0.3) is 0 Å². The summed E-state index contributed by atoms with van der Waals surface area (Å²) in [5.74, 6) is 0. The normalized spacial score (nSPS) is 6.33. The largest absolute Gasteiger partial charge is 0.100 e. The molecule has 0 saturated carbocycles. The van der Waals surface area contributed by atoms with E-state index in [1.54, 1.807) is 0 Å². The Morgan fingerprint density at radius 3 is 1.83 bits per heavy atom. The molecule has 6 heavy (non-hydrogen) atoms. The van der Waals surface area contributed by atoms with Gasteiger partial charge < -0.3 is 0 Å². The molecule has 30 valence electrons. The first-order chi connectivity index (χ1) is 2.27. The fourth-order valence-corrected chi connectivity index (χ4v) is 0. The zero-order valence-electron chi connectivity index (χ0n) is 4.62. The van der Waals surface area contributed by atoms with E-state index in [4.69, 9.17) is 0 Å². The summed E-state index contributed by atoms with van der Waals surface area (Å²) in [5, 5.41) is 0. The Morgan fingerprint density at radius 2 is 1.83 bits per heavy atom. The van der Waals surface area contributed by atoms with E-state index in [1.807, 2.05) is 6.92 Å². The van der Waals surface area contributed by atoms with Crippen LogP contribution in [0.1, 0.15) is 13.3 Å². The van der Waals surface area contributed by atoms with Crippen molar-refractivity contribution in [3.63, 3.8) is 0 Å². The molecule has 0 atom stereocenters. The van der Waals surface area contributed by atoms with E-state index in [2.05, 4.69) is 13.5 Å². The summed E-state index contributed by atoms with van der Waals surface area (Å²) in [5.41, 5.74) is 1.14. The minimum absolute atomic E-state index is 0. The van der Waals surface area contributed by atoms with Gasteiger partial charge in [0.2, 0.25) is 0 Å². The van der Waals surface area contributed by atoms with Gasteiger partial charge in [-0.05, 0) is 20.3 Å². The van der Waals surface area contributed by atoms with Crippen LogP contribution in [0.4, 0.5) is 0 Å². The average molecular weight is 76.1 g/mol. The van der Waals surface area contributed by atoms with Crippen molar-refractivity contribution < 1.29 is 0 Å². The Bertz CT molecular complexity index is 39.2. The molecule has 0 bridgehead atoms. The van der Waals surface area contributed by atoms with Crippen LogP contribution >= 0.6 is 0 Å². The van der Waals surface area contributed by atoms with Crippen molar-refractivity contribution in [1.29, 1.82) is 0 Å². The zero-order valence-corrected chi connectivity index (χ0v) is 4.62. The first-order valence-electron chi connectivity index (χ1n) is 1.71. The Hall–Kier alpha value is 0.337. The molecule has 0 fully saturated rings. The van der Waals surface area contributed by atoms with Gasteiger partial charge in [-0.3, -0.25) is 0 Å². The Balaban J connectivity index is 0. The molecule has 0 unspecified atom stereocenters. The van der Waals surface area contributed by atoms with Crippen LogP contribution in [-0.2, 0) is 0 Å². The predicted octanol–water partition coefficient (Wildman–Crippen LogP) is 1.41. The topological polar surface area (TPSA) is 0 Å². The molecule has 0 aromatic heterocycles. The van der Waals surface area contributed by atoms with Crippen LogP contribution in [0.2, 0.25) is 0 Å². The Kier molecular flexibility index (Phi) is 8.54. The maximum absolute atomic E-state index is 3.61. The Morgan fingerprint density at radius 1 is 1.67 bits per heavy atom. The molecule has 0 amide bonds. The third-order valence-electron chi connectivity index (χ3n) is 0.427. The van der Waals surface area contributed by atoms with Crippen molar-refractivity contribution in [3.05, 3.63) is 19.1 Å². The first-order valence-corrected chi connectivity index (χ1v) is 1.71.